The van der Waals surface area contributed by atoms with E-state index in [0.29, 0.717) is 12.5 Å². The van der Waals surface area contributed by atoms with Crippen molar-refractivity contribution >= 4 is 18.0 Å². The molecule has 1 aliphatic carbocycles. The maximum absolute atomic E-state index is 12.0. The molecule has 1 rings (SSSR count). The number of carbonyl (C=O) groups is 3. The van der Waals surface area contributed by atoms with Crippen LogP contribution in [0.4, 0.5) is 4.79 Å². The average Bonchev–Trinajstić information content (AvgIpc) is 2.62. The third kappa shape index (κ3) is 9.44. The minimum Gasteiger partial charge on any atom is -0.463 e. The van der Waals surface area contributed by atoms with Gasteiger partial charge in [0.2, 0.25) is 0 Å². The predicted molar refractivity (Wildman–Crippen MR) is 96.4 cm³/mol. The molecule has 7 heteroatoms. The Morgan fingerprint density at radius 3 is 2.19 bits per heavy atom. The summed E-state index contributed by atoms with van der Waals surface area (Å²) >= 11 is 0. The standard InChI is InChI=1S/C19H31NO6/c1-4-24-17(21)10-11-18(22)25-13-16(14(2)3)20-19(23)26-12-15-8-6-5-7-9-15/h10-11,14-16H,4-9,12-13H2,1-3H3,(H,20,23)/b11-10+/t16-/m0/s1. The van der Waals surface area contributed by atoms with E-state index in [1.807, 2.05) is 13.8 Å². The topological polar surface area (TPSA) is 90.9 Å². The summed E-state index contributed by atoms with van der Waals surface area (Å²) in [6.07, 6.45) is 7.38. The van der Waals surface area contributed by atoms with Crippen molar-refractivity contribution < 1.29 is 28.6 Å². The summed E-state index contributed by atoms with van der Waals surface area (Å²) < 4.78 is 15.1. The fourth-order valence-electron chi connectivity index (χ4n) is 2.69. The molecule has 26 heavy (non-hydrogen) atoms. The fraction of sp³-hybridized carbons (Fsp3) is 0.737. The van der Waals surface area contributed by atoms with E-state index < -0.39 is 18.0 Å². The maximum Gasteiger partial charge on any atom is 0.407 e. The zero-order valence-corrected chi connectivity index (χ0v) is 16.0. The van der Waals surface area contributed by atoms with Gasteiger partial charge >= 0.3 is 18.0 Å². The Kier molecular flexibility index (Phi) is 10.4. The molecule has 148 valence electrons. The van der Waals surface area contributed by atoms with Gasteiger partial charge < -0.3 is 19.5 Å². The fourth-order valence-corrected chi connectivity index (χ4v) is 2.69. The summed E-state index contributed by atoms with van der Waals surface area (Å²) in [7, 11) is 0. The van der Waals surface area contributed by atoms with Crippen molar-refractivity contribution in [1.82, 2.24) is 5.32 Å². The molecule has 1 aliphatic rings. The normalized spacial score (nSPS) is 16.3. The van der Waals surface area contributed by atoms with Gasteiger partial charge in [0.15, 0.2) is 0 Å². The van der Waals surface area contributed by atoms with E-state index in [0.717, 1.165) is 25.0 Å². The molecule has 1 atom stereocenters. The molecule has 0 aromatic heterocycles. The van der Waals surface area contributed by atoms with Crippen molar-refractivity contribution in [3.05, 3.63) is 12.2 Å². The molecule has 1 saturated carbocycles. The molecule has 0 heterocycles. The molecule has 0 aliphatic heterocycles. The molecular weight excluding hydrogens is 338 g/mol. The van der Waals surface area contributed by atoms with Crippen LogP contribution in [0, 0.1) is 11.8 Å². The van der Waals surface area contributed by atoms with Crippen molar-refractivity contribution in [3.63, 3.8) is 0 Å². The maximum atomic E-state index is 12.0. The van der Waals surface area contributed by atoms with Gasteiger partial charge in [0.1, 0.15) is 6.61 Å². The molecule has 1 fully saturated rings. The summed E-state index contributed by atoms with van der Waals surface area (Å²) in [4.78, 5) is 34.8. The first-order valence-corrected chi connectivity index (χ1v) is 9.37. The first-order valence-electron chi connectivity index (χ1n) is 9.37. The number of ether oxygens (including phenoxy) is 3. The summed E-state index contributed by atoms with van der Waals surface area (Å²) in [5.74, 6) is -0.771. The molecular formula is C19H31NO6. The molecule has 7 nitrogen and oxygen atoms in total. The third-order valence-electron chi connectivity index (χ3n) is 4.33. The number of carbonyl (C=O) groups excluding carboxylic acids is 3. The van der Waals surface area contributed by atoms with E-state index in [1.165, 1.54) is 19.3 Å². The van der Waals surface area contributed by atoms with Gasteiger partial charge in [-0.3, -0.25) is 0 Å². The molecule has 1 amide bonds. The van der Waals surface area contributed by atoms with Gasteiger partial charge in [-0.2, -0.15) is 0 Å². The zero-order valence-electron chi connectivity index (χ0n) is 16.0. The minimum absolute atomic E-state index is 0.00218. The molecule has 0 bridgehead atoms. The van der Waals surface area contributed by atoms with Gasteiger partial charge in [-0.15, -0.1) is 0 Å². The number of hydrogen-bond donors (Lipinski definition) is 1. The average molecular weight is 369 g/mol. The van der Waals surface area contributed by atoms with Crippen LogP contribution in [0.2, 0.25) is 0 Å². The van der Waals surface area contributed by atoms with Crippen LogP contribution in [0.1, 0.15) is 52.9 Å². The van der Waals surface area contributed by atoms with Crippen molar-refractivity contribution in [2.45, 2.75) is 58.9 Å². The zero-order chi connectivity index (χ0) is 19.4. The first-order chi connectivity index (χ1) is 12.4. The molecule has 1 N–H and O–H groups in total. The van der Waals surface area contributed by atoms with Crippen LogP contribution in [0.5, 0.6) is 0 Å². The quantitative estimate of drug-likeness (QED) is 0.382. The van der Waals surface area contributed by atoms with E-state index in [1.54, 1.807) is 6.92 Å². The predicted octanol–water partition coefficient (Wildman–Crippen LogP) is 2.98. The molecule has 0 saturated heterocycles. The van der Waals surface area contributed by atoms with E-state index >= 15 is 0 Å². The van der Waals surface area contributed by atoms with Gasteiger partial charge in [0.05, 0.1) is 19.3 Å². The SMILES string of the molecule is CCOC(=O)/C=C/C(=O)OC[C@H](NC(=O)OCC1CCCCC1)C(C)C. The lowest BCUT2D eigenvalue weighted by Gasteiger charge is -2.24. The molecule has 0 radical (unpaired) electrons. The summed E-state index contributed by atoms with van der Waals surface area (Å²) in [5, 5.41) is 2.74. The Hall–Kier alpha value is -2.05. The van der Waals surface area contributed by atoms with Crippen LogP contribution >= 0.6 is 0 Å². The Bertz CT molecular complexity index is 482. The van der Waals surface area contributed by atoms with Gasteiger partial charge in [-0.25, -0.2) is 14.4 Å². The van der Waals surface area contributed by atoms with Crippen LogP contribution in [-0.2, 0) is 23.8 Å². The second-order valence-corrected chi connectivity index (χ2v) is 6.81. The largest absolute Gasteiger partial charge is 0.463 e. The first kappa shape index (κ1) is 22.0. The van der Waals surface area contributed by atoms with E-state index in [9.17, 15) is 14.4 Å². The number of rotatable bonds is 9. The molecule has 0 aromatic carbocycles. The number of hydrogen-bond acceptors (Lipinski definition) is 6. The van der Waals surface area contributed by atoms with E-state index in [4.69, 9.17) is 9.47 Å². The van der Waals surface area contributed by atoms with E-state index in [2.05, 4.69) is 10.1 Å². The summed E-state index contributed by atoms with van der Waals surface area (Å²) in [6, 6.07) is -0.367. The van der Waals surface area contributed by atoms with Gasteiger partial charge in [0.25, 0.3) is 0 Å². The third-order valence-corrected chi connectivity index (χ3v) is 4.33. The molecule has 0 aromatic rings. The second kappa shape index (κ2) is 12.3. The van der Waals surface area contributed by atoms with Crippen molar-refractivity contribution in [3.8, 4) is 0 Å². The van der Waals surface area contributed by atoms with E-state index in [-0.39, 0.29) is 25.2 Å². The highest BCUT2D eigenvalue weighted by Crippen LogP contribution is 2.23. The van der Waals surface area contributed by atoms with Crippen molar-refractivity contribution in [2.24, 2.45) is 11.8 Å². The van der Waals surface area contributed by atoms with Crippen LogP contribution in [-0.4, -0.2) is 43.9 Å². The monoisotopic (exact) mass is 369 g/mol. The molecule has 0 unspecified atom stereocenters. The smallest absolute Gasteiger partial charge is 0.407 e. The second-order valence-electron chi connectivity index (χ2n) is 6.81. The van der Waals surface area contributed by atoms with Gasteiger partial charge in [-0.05, 0) is 31.6 Å². The Morgan fingerprint density at radius 1 is 1.00 bits per heavy atom. The highest BCUT2D eigenvalue weighted by atomic mass is 16.6. The van der Waals surface area contributed by atoms with Crippen LogP contribution in [0.25, 0.3) is 0 Å². The Morgan fingerprint density at radius 2 is 1.62 bits per heavy atom. The Labute approximate surface area is 155 Å². The summed E-state index contributed by atoms with van der Waals surface area (Å²) in [5.41, 5.74) is 0. The Balaban J connectivity index is 2.34. The number of amides is 1. The number of alkyl carbamates (subject to hydrolysis) is 1. The lowest BCUT2D eigenvalue weighted by molar-refractivity contribution is -0.140. The van der Waals surface area contributed by atoms with Crippen molar-refractivity contribution in [2.75, 3.05) is 19.8 Å². The van der Waals surface area contributed by atoms with Crippen LogP contribution in [0.15, 0.2) is 12.2 Å². The number of nitrogens with one attached hydrogen (secondary N) is 1. The minimum atomic E-state index is -0.666. The highest BCUT2D eigenvalue weighted by molar-refractivity contribution is 5.91. The number of esters is 2. The molecule has 0 spiro atoms. The van der Waals surface area contributed by atoms with Crippen LogP contribution < -0.4 is 5.32 Å². The lowest BCUT2D eigenvalue weighted by Crippen LogP contribution is -2.43. The lowest BCUT2D eigenvalue weighted by atomic mass is 9.90. The summed E-state index contributed by atoms with van der Waals surface area (Å²) in [6.45, 7) is 6.17. The van der Waals surface area contributed by atoms with Crippen molar-refractivity contribution in [1.29, 1.82) is 0 Å². The highest BCUT2D eigenvalue weighted by Gasteiger charge is 2.20. The van der Waals surface area contributed by atoms with Crippen LogP contribution in [0.3, 0.4) is 0 Å². The van der Waals surface area contributed by atoms with Gasteiger partial charge in [0, 0.05) is 12.2 Å². The van der Waals surface area contributed by atoms with Gasteiger partial charge in [-0.1, -0.05) is 33.1 Å².